The minimum atomic E-state index is -0.876. The van der Waals surface area contributed by atoms with Gasteiger partial charge in [0.15, 0.2) is 5.92 Å². The summed E-state index contributed by atoms with van der Waals surface area (Å²) in [6.45, 7) is 3.95. The number of carbonyl (C=O) groups excluding carboxylic acids is 1. The lowest BCUT2D eigenvalue weighted by Gasteiger charge is -2.32. The second-order valence-electron chi connectivity index (χ2n) is 4.86. The summed E-state index contributed by atoms with van der Waals surface area (Å²) in [6.07, 6.45) is 0. The van der Waals surface area contributed by atoms with E-state index >= 15 is 0 Å². The van der Waals surface area contributed by atoms with Gasteiger partial charge >= 0.3 is 5.97 Å². The first-order chi connectivity index (χ1) is 10.1. The van der Waals surface area contributed by atoms with Crippen LogP contribution in [-0.2, 0) is 14.9 Å². The highest BCUT2D eigenvalue weighted by molar-refractivity contribution is 7.10. The van der Waals surface area contributed by atoms with Crippen molar-refractivity contribution in [2.45, 2.75) is 19.3 Å². The number of thiophene rings is 1. The average Bonchev–Trinajstić information content (AvgIpc) is 3.03. The lowest BCUT2D eigenvalue weighted by atomic mass is 9.71. The number of carbonyl (C=O) groups is 1. The van der Waals surface area contributed by atoms with Gasteiger partial charge in [0.1, 0.15) is 0 Å². The number of nitriles is 1. The van der Waals surface area contributed by atoms with E-state index in [1.165, 1.54) is 0 Å². The highest BCUT2D eigenvalue weighted by atomic mass is 32.1. The molecule has 2 atom stereocenters. The maximum Gasteiger partial charge on any atom is 0.324 e. The van der Waals surface area contributed by atoms with Gasteiger partial charge in [-0.1, -0.05) is 36.4 Å². The SMILES string of the molecule is CCOC(=O)[C@@H](C#N)[C@](C)(c1ccccc1)c1cccs1. The van der Waals surface area contributed by atoms with Crippen molar-refractivity contribution < 1.29 is 9.53 Å². The fourth-order valence-corrected chi connectivity index (χ4v) is 3.39. The summed E-state index contributed by atoms with van der Waals surface area (Å²) in [5, 5.41) is 11.5. The number of benzene rings is 1. The molecule has 4 heteroatoms. The first kappa shape index (κ1) is 15.3. The van der Waals surface area contributed by atoms with Crippen molar-refractivity contribution in [1.82, 2.24) is 0 Å². The van der Waals surface area contributed by atoms with Gasteiger partial charge in [-0.05, 0) is 30.9 Å². The molecule has 108 valence electrons. The van der Waals surface area contributed by atoms with Gasteiger partial charge in [-0.15, -0.1) is 11.3 Å². The molecule has 0 amide bonds. The Labute approximate surface area is 128 Å². The Morgan fingerprint density at radius 2 is 2.05 bits per heavy atom. The molecule has 0 aliphatic carbocycles. The second-order valence-corrected chi connectivity index (χ2v) is 5.81. The van der Waals surface area contributed by atoms with Crippen LogP contribution in [0.1, 0.15) is 24.3 Å². The van der Waals surface area contributed by atoms with E-state index < -0.39 is 17.3 Å². The van der Waals surface area contributed by atoms with Gasteiger partial charge in [-0.3, -0.25) is 4.79 Å². The Kier molecular flexibility index (Phi) is 4.77. The van der Waals surface area contributed by atoms with Crippen molar-refractivity contribution in [2.24, 2.45) is 5.92 Å². The van der Waals surface area contributed by atoms with Crippen LogP contribution in [0.25, 0.3) is 0 Å². The molecule has 0 fully saturated rings. The molecule has 0 N–H and O–H groups in total. The Bertz CT molecular complexity index is 631. The van der Waals surface area contributed by atoms with Crippen molar-refractivity contribution in [1.29, 1.82) is 5.26 Å². The Balaban J connectivity index is 2.57. The van der Waals surface area contributed by atoms with Crippen LogP contribution in [0.4, 0.5) is 0 Å². The Morgan fingerprint density at radius 3 is 2.57 bits per heavy atom. The van der Waals surface area contributed by atoms with Crippen LogP contribution in [0.5, 0.6) is 0 Å². The minimum absolute atomic E-state index is 0.270. The molecule has 0 saturated heterocycles. The van der Waals surface area contributed by atoms with E-state index in [1.807, 2.05) is 54.8 Å². The van der Waals surface area contributed by atoms with Crippen LogP contribution in [0.15, 0.2) is 47.8 Å². The molecule has 0 aliphatic rings. The minimum Gasteiger partial charge on any atom is -0.465 e. The van der Waals surface area contributed by atoms with Gasteiger partial charge in [0.2, 0.25) is 0 Å². The molecule has 1 heterocycles. The normalized spacial score (nSPS) is 14.7. The Hall–Kier alpha value is -2.12. The summed E-state index contributed by atoms with van der Waals surface area (Å²) in [5.74, 6) is -1.35. The van der Waals surface area contributed by atoms with Crippen LogP contribution >= 0.6 is 11.3 Å². The van der Waals surface area contributed by atoms with Crippen LogP contribution < -0.4 is 0 Å². The number of esters is 1. The quantitative estimate of drug-likeness (QED) is 0.790. The maximum atomic E-state index is 12.2. The molecule has 2 aromatic rings. The third kappa shape index (κ3) is 2.84. The fraction of sp³-hybridized carbons (Fsp3) is 0.294. The first-order valence-electron chi connectivity index (χ1n) is 6.80. The lowest BCUT2D eigenvalue weighted by Crippen LogP contribution is -2.38. The molecule has 21 heavy (non-hydrogen) atoms. The zero-order chi connectivity index (χ0) is 15.3. The molecule has 0 radical (unpaired) electrons. The van der Waals surface area contributed by atoms with Crippen molar-refractivity contribution >= 4 is 17.3 Å². The summed E-state index contributed by atoms with van der Waals surface area (Å²) in [6, 6.07) is 15.7. The van der Waals surface area contributed by atoms with E-state index in [-0.39, 0.29) is 6.61 Å². The van der Waals surface area contributed by atoms with Crippen molar-refractivity contribution in [2.75, 3.05) is 6.61 Å². The molecule has 0 saturated carbocycles. The predicted molar refractivity (Wildman–Crippen MR) is 83.0 cm³/mol. The third-order valence-electron chi connectivity index (χ3n) is 3.64. The van der Waals surface area contributed by atoms with Crippen molar-refractivity contribution in [3.63, 3.8) is 0 Å². The standard InChI is InChI=1S/C17H17NO2S/c1-3-20-16(19)14(12-18)17(2,15-10-7-11-21-15)13-8-5-4-6-9-13/h4-11,14H,3H2,1-2H3/t14-,17+/m1/s1. The molecular weight excluding hydrogens is 282 g/mol. The second kappa shape index (κ2) is 6.55. The summed E-state index contributed by atoms with van der Waals surface area (Å²) < 4.78 is 5.10. The van der Waals surface area contributed by atoms with Gasteiger partial charge in [-0.2, -0.15) is 5.26 Å². The van der Waals surface area contributed by atoms with E-state index in [4.69, 9.17) is 4.74 Å². The molecule has 3 nitrogen and oxygen atoms in total. The number of ether oxygens (including phenoxy) is 1. The van der Waals surface area contributed by atoms with Crippen molar-refractivity contribution in [3.8, 4) is 6.07 Å². The number of hydrogen-bond acceptors (Lipinski definition) is 4. The van der Waals surface area contributed by atoms with Gasteiger partial charge in [0.25, 0.3) is 0 Å². The van der Waals surface area contributed by atoms with Crippen LogP contribution in [0, 0.1) is 17.2 Å². The number of rotatable bonds is 5. The van der Waals surface area contributed by atoms with E-state index in [2.05, 4.69) is 6.07 Å². The topological polar surface area (TPSA) is 50.1 Å². The van der Waals surface area contributed by atoms with Gasteiger partial charge in [-0.25, -0.2) is 0 Å². The van der Waals surface area contributed by atoms with Gasteiger partial charge < -0.3 is 4.74 Å². The zero-order valence-electron chi connectivity index (χ0n) is 12.1. The number of nitrogens with zero attached hydrogens (tertiary/aromatic N) is 1. The average molecular weight is 299 g/mol. The van der Waals surface area contributed by atoms with Crippen LogP contribution in [0.2, 0.25) is 0 Å². The fourth-order valence-electron chi connectivity index (χ4n) is 2.45. The maximum absolute atomic E-state index is 12.2. The zero-order valence-corrected chi connectivity index (χ0v) is 12.9. The van der Waals surface area contributed by atoms with E-state index in [9.17, 15) is 10.1 Å². The number of hydrogen-bond donors (Lipinski definition) is 0. The van der Waals surface area contributed by atoms with Gasteiger partial charge in [0, 0.05) is 4.88 Å². The lowest BCUT2D eigenvalue weighted by molar-refractivity contribution is -0.147. The van der Waals surface area contributed by atoms with Crippen LogP contribution in [-0.4, -0.2) is 12.6 Å². The van der Waals surface area contributed by atoms with Gasteiger partial charge in [0.05, 0.1) is 18.1 Å². The van der Waals surface area contributed by atoms with E-state index in [0.29, 0.717) is 0 Å². The van der Waals surface area contributed by atoms with Crippen LogP contribution in [0.3, 0.4) is 0 Å². The molecule has 0 unspecified atom stereocenters. The third-order valence-corrected chi connectivity index (χ3v) is 4.74. The molecule has 0 spiro atoms. The summed E-state index contributed by atoms with van der Waals surface area (Å²) >= 11 is 1.55. The molecule has 1 aromatic heterocycles. The highest BCUT2D eigenvalue weighted by Crippen LogP contribution is 2.41. The molecular formula is C17H17NO2S. The Morgan fingerprint density at radius 1 is 1.33 bits per heavy atom. The van der Waals surface area contributed by atoms with E-state index in [1.54, 1.807) is 18.3 Å². The molecule has 0 bridgehead atoms. The smallest absolute Gasteiger partial charge is 0.324 e. The molecule has 0 aliphatic heterocycles. The highest BCUT2D eigenvalue weighted by Gasteiger charge is 2.44. The van der Waals surface area contributed by atoms with E-state index in [0.717, 1.165) is 10.4 Å². The molecule has 1 aromatic carbocycles. The first-order valence-corrected chi connectivity index (χ1v) is 7.68. The summed E-state index contributed by atoms with van der Waals surface area (Å²) in [5.41, 5.74) is 0.225. The monoisotopic (exact) mass is 299 g/mol. The predicted octanol–water partition coefficient (Wildman–Crippen LogP) is 3.76. The largest absolute Gasteiger partial charge is 0.465 e. The van der Waals surface area contributed by atoms with Crippen molar-refractivity contribution in [3.05, 3.63) is 58.3 Å². The summed E-state index contributed by atoms with van der Waals surface area (Å²) in [4.78, 5) is 13.2. The molecule has 2 rings (SSSR count). The summed E-state index contributed by atoms with van der Waals surface area (Å²) in [7, 11) is 0.